The van der Waals surface area contributed by atoms with Crippen LogP contribution in [0.3, 0.4) is 0 Å². The lowest BCUT2D eigenvalue weighted by Gasteiger charge is -2.21. The molecule has 2 atom stereocenters. The Kier molecular flexibility index (Phi) is 10.5. The molecule has 0 radical (unpaired) electrons. The fraction of sp³-hybridized carbons (Fsp3) is 0.320. The van der Waals surface area contributed by atoms with Crippen molar-refractivity contribution in [3.63, 3.8) is 0 Å². The lowest BCUT2D eigenvalue weighted by molar-refractivity contribution is -0.139. The first-order valence-electron chi connectivity index (χ1n) is 11.4. The summed E-state index contributed by atoms with van der Waals surface area (Å²) in [6.07, 6.45) is -1.04. The summed E-state index contributed by atoms with van der Waals surface area (Å²) in [7, 11) is 0. The van der Waals surface area contributed by atoms with E-state index in [4.69, 9.17) is 9.84 Å². The Balaban J connectivity index is 2.06. The molecule has 0 aliphatic heterocycles. The van der Waals surface area contributed by atoms with Crippen molar-refractivity contribution >= 4 is 35.2 Å². The van der Waals surface area contributed by atoms with E-state index in [1.807, 2.05) is 0 Å². The number of anilines is 1. The molecule has 0 aliphatic carbocycles. The second-order valence-corrected chi connectivity index (χ2v) is 8.44. The van der Waals surface area contributed by atoms with Crippen molar-refractivity contribution in [2.75, 3.05) is 11.9 Å². The van der Waals surface area contributed by atoms with Crippen LogP contribution in [0.4, 0.5) is 23.2 Å². The fourth-order valence-electron chi connectivity index (χ4n) is 3.25. The van der Waals surface area contributed by atoms with E-state index < -0.39 is 95.6 Å². The maximum Gasteiger partial charge on any atom is 0.313 e. The highest BCUT2D eigenvalue weighted by Gasteiger charge is 2.28. The summed E-state index contributed by atoms with van der Waals surface area (Å²) in [5.74, 6) is -11.8. The summed E-state index contributed by atoms with van der Waals surface area (Å²) in [6.45, 7) is 2.73. The molecule has 0 saturated carbocycles. The Hall–Kier alpha value is -4.49. The summed E-state index contributed by atoms with van der Waals surface area (Å²) in [4.78, 5) is 60.6. The zero-order valence-electron chi connectivity index (χ0n) is 21.0. The second-order valence-electron chi connectivity index (χ2n) is 8.44. The van der Waals surface area contributed by atoms with Gasteiger partial charge in [-0.2, -0.15) is 4.39 Å². The number of para-hydroxylation sites is 1. The fourth-order valence-corrected chi connectivity index (χ4v) is 3.25. The van der Waals surface area contributed by atoms with Crippen molar-refractivity contribution < 1.29 is 51.4 Å². The minimum atomic E-state index is -1.56. The van der Waals surface area contributed by atoms with Crippen LogP contribution in [-0.2, 0) is 24.0 Å². The summed E-state index contributed by atoms with van der Waals surface area (Å²) >= 11 is 0. The van der Waals surface area contributed by atoms with Gasteiger partial charge in [0.1, 0.15) is 24.3 Å². The van der Waals surface area contributed by atoms with Crippen LogP contribution in [0.2, 0.25) is 0 Å². The van der Waals surface area contributed by atoms with Crippen molar-refractivity contribution in [3.8, 4) is 5.75 Å². The largest absolute Gasteiger partial charge is 0.482 e. The van der Waals surface area contributed by atoms with E-state index in [1.54, 1.807) is 0 Å². The first-order chi connectivity index (χ1) is 18.2. The third-order valence-electron chi connectivity index (χ3n) is 5.48. The molecule has 2 aromatic carbocycles. The summed E-state index contributed by atoms with van der Waals surface area (Å²) in [5, 5.41) is 15.3. The number of aliphatic carboxylic acids is 1. The third kappa shape index (κ3) is 8.25. The monoisotopic (exact) mass is 555 g/mol. The number of ketones is 1. The zero-order chi connectivity index (χ0) is 29.4. The molecule has 0 bridgehead atoms. The molecule has 39 heavy (non-hydrogen) atoms. The molecule has 0 fully saturated rings. The number of ether oxygens (including phenoxy) is 1. The molecule has 14 heteroatoms. The molecule has 0 aromatic heterocycles. The SMILES string of the molecule is Cc1cccc(F)c1NC(=O)C(=O)N[C@@H](C)C(=O)N[C@@H](CCC(=O)O)C(=O)COc1c(C)c(F)cc(F)c1F. The number of Topliss-reactive ketones (excluding diaryl/α,β-unsaturated/α-hetero) is 1. The van der Waals surface area contributed by atoms with E-state index in [2.05, 4.69) is 16.0 Å². The number of nitrogens with one attached hydrogen (secondary N) is 3. The van der Waals surface area contributed by atoms with Gasteiger partial charge in [-0.3, -0.25) is 24.0 Å². The number of rotatable bonds is 11. The van der Waals surface area contributed by atoms with Gasteiger partial charge in [0.2, 0.25) is 11.7 Å². The van der Waals surface area contributed by atoms with Gasteiger partial charge in [0, 0.05) is 18.1 Å². The highest BCUT2D eigenvalue weighted by Crippen LogP contribution is 2.27. The second kappa shape index (κ2) is 13.3. The molecule has 4 N–H and O–H groups in total. The van der Waals surface area contributed by atoms with Crippen molar-refractivity contribution in [1.82, 2.24) is 10.6 Å². The minimum Gasteiger partial charge on any atom is -0.482 e. The van der Waals surface area contributed by atoms with Crippen LogP contribution in [-0.4, -0.2) is 53.3 Å². The first-order valence-corrected chi connectivity index (χ1v) is 11.4. The highest BCUT2D eigenvalue weighted by atomic mass is 19.2. The van der Waals surface area contributed by atoms with Gasteiger partial charge >= 0.3 is 17.8 Å². The van der Waals surface area contributed by atoms with Crippen LogP contribution in [0.15, 0.2) is 24.3 Å². The lowest BCUT2D eigenvalue weighted by atomic mass is 10.1. The van der Waals surface area contributed by atoms with Crippen LogP contribution in [0.1, 0.15) is 30.9 Å². The highest BCUT2D eigenvalue weighted by molar-refractivity contribution is 6.40. The van der Waals surface area contributed by atoms with Gasteiger partial charge in [-0.1, -0.05) is 12.1 Å². The van der Waals surface area contributed by atoms with Gasteiger partial charge in [-0.15, -0.1) is 0 Å². The topological polar surface area (TPSA) is 151 Å². The average molecular weight is 555 g/mol. The number of halogens is 4. The molecule has 2 aromatic rings. The number of carboxylic acid groups (broad SMARTS) is 1. The molecule has 210 valence electrons. The van der Waals surface area contributed by atoms with Crippen molar-refractivity contribution in [3.05, 3.63) is 58.7 Å². The number of aryl methyl sites for hydroxylation is 1. The van der Waals surface area contributed by atoms with E-state index in [1.165, 1.54) is 19.1 Å². The number of carbonyl (C=O) groups is 5. The van der Waals surface area contributed by atoms with Crippen LogP contribution in [0.25, 0.3) is 0 Å². The molecule has 0 unspecified atom stereocenters. The van der Waals surface area contributed by atoms with E-state index >= 15 is 0 Å². The van der Waals surface area contributed by atoms with Crippen LogP contribution < -0.4 is 20.7 Å². The van der Waals surface area contributed by atoms with Crippen molar-refractivity contribution in [2.45, 2.75) is 45.7 Å². The van der Waals surface area contributed by atoms with Gasteiger partial charge in [-0.05, 0) is 38.8 Å². The summed E-state index contributed by atoms with van der Waals surface area (Å²) in [6, 6.07) is 1.30. The maximum absolute atomic E-state index is 14.0. The molecular weight excluding hydrogens is 530 g/mol. The van der Waals surface area contributed by atoms with Crippen LogP contribution in [0.5, 0.6) is 5.75 Å². The van der Waals surface area contributed by atoms with E-state index in [-0.39, 0.29) is 5.69 Å². The number of carbonyl (C=O) groups excluding carboxylic acids is 4. The average Bonchev–Trinajstić information content (AvgIpc) is 2.86. The van der Waals surface area contributed by atoms with Gasteiger partial charge < -0.3 is 25.8 Å². The maximum atomic E-state index is 14.0. The van der Waals surface area contributed by atoms with Crippen LogP contribution >= 0.6 is 0 Å². The molecule has 0 saturated heterocycles. The molecule has 0 spiro atoms. The summed E-state index contributed by atoms with van der Waals surface area (Å²) in [5.41, 5.74) is -0.327. The molecule has 10 nitrogen and oxygen atoms in total. The number of benzene rings is 2. The number of hydrogen-bond donors (Lipinski definition) is 4. The Morgan fingerprint density at radius 1 is 0.949 bits per heavy atom. The standard InChI is InChI=1S/C25H25F4N3O7/c1-11-5-4-6-14(26)21(11)32-25(38)24(37)30-13(3)23(36)31-17(7-8-19(34)35)18(33)10-39-22-12(2)15(27)9-16(28)20(22)29/h4-6,9,13,17H,7-8,10H2,1-3H3,(H,30,37)(H,31,36)(H,32,38)(H,34,35)/t13-,17-/m0/s1. The zero-order valence-corrected chi connectivity index (χ0v) is 21.0. The Morgan fingerprint density at radius 3 is 2.23 bits per heavy atom. The molecule has 0 heterocycles. The van der Waals surface area contributed by atoms with Crippen LogP contribution in [0, 0.1) is 37.1 Å². The minimum absolute atomic E-state index is 0.237. The van der Waals surface area contributed by atoms with E-state index in [9.17, 15) is 41.5 Å². The summed E-state index contributed by atoms with van der Waals surface area (Å²) < 4.78 is 60.1. The van der Waals surface area contributed by atoms with Gasteiger partial charge in [0.15, 0.2) is 17.3 Å². The van der Waals surface area contributed by atoms with E-state index in [0.29, 0.717) is 11.6 Å². The Bertz CT molecular complexity index is 1260. The predicted molar refractivity (Wildman–Crippen MR) is 128 cm³/mol. The number of carboxylic acids is 1. The van der Waals surface area contributed by atoms with Crippen molar-refractivity contribution in [2.24, 2.45) is 0 Å². The molecule has 0 aliphatic rings. The van der Waals surface area contributed by atoms with Gasteiger partial charge in [-0.25, -0.2) is 13.2 Å². The smallest absolute Gasteiger partial charge is 0.313 e. The Labute approximate surface area is 219 Å². The van der Waals surface area contributed by atoms with Gasteiger partial charge in [0.25, 0.3) is 0 Å². The van der Waals surface area contributed by atoms with Crippen molar-refractivity contribution in [1.29, 1.82) is 0 Å². The van der Waals surface area contributed by atoms with Gasteiger partial charge in [0.05, 0.1) is 11.7 Å². The molecular formula is C25H25F4N3O7. The molecule has 3 amide bonds. The Morgan fingerprint density at radius 2 is 1.62 bits per heavy atom. The first kappa shape index (κ1) is 30.7. The normalized spacial score (nSPS) is 12.2. The van der Waals surface area contributed by atoms with E-state index in [0.717, 1.165) is 19.9 Å². The number of hydrogen-bond acceptors (Lipinski definition) is 6. The number of amides is 3. The quantitative estimate of drug-likeness (QED) is 0.189. The lowest BCUT2D eigenvalue weighted by Crippen LogP contribution is -2.52. The molecule has 2 rings (SSSR count). The third-order valence-corrected chi connectivity index (χ3v) is 5.48. The predicted octanol–water partition coefficient (Wildman–Crippen LogP) is 2.30.